The van der Waals surface area contributed by atoms with Crippen LogP contribution in [0, 0.1) is 0 Å². The molecule has 0 radical (unpaired) electrons. The number of hydrogen-bond acceptors (Lipinski definition) is 5. The molecule has 0 heterocycles. The van der Waals surface area contributed by atoms with Crippen LogP contribution in [0.1, 0.15) is 10.4 Å². The van der Waals surface area contributed by atoms with Gasteiger partial charge in [-0.05, 0) is 0 Å². The molecule has 0 aliphatic carbocycles. The molecule has 2 N–H and O–H groups in total. The molecule has 14 heavy (non-hydrogen) atoms. The molecule has 5 heteroatoms. The van der Waals surface area contributed by atoms with E-state index in [0.29, 0.717) is 0 Å². The Kier molecular flexibility index (Phi) is 2.81. The molecule has 5 nitrogen and oxygen atoms in total. The summed E-state index contributed by atoms with van der Waals surface area (Å²) >= 11 is 0. The molecule has 1 aromatic rings. The molecule has 0 saturated carbocycles. The molecule has 0 bridgehead atoms. The van der Waals surface area contributed by atoms with Crippen molar-refractivity contribution in [2.24, 2.45) is 0 Å². The average Bonchev–Trinajstić information content (AvgIpc) is 2.15. The third kappa shape index (κ3) is 1.71. The smallest absolute Gasteiger partial charge is 0.345 e. The largest absolute Gasteiger partial charge is 0.508 e. The van der Waals surface area contributed by atoms with Crippen LogP contribution in [-0.2, 0) is 4.74 Å². The maximum atomic E-state index is 11.2. The highest BCUT2D eigenvalue weighted by Crippen LogP contribution is 2.32. The van der Waals surface area contributed by atoms with E-state index in [9.17, 15) is 9.90 Å². The Labute approximate surface area is 80.5 Å². The predicted molar refractivity (Wildman–Crippen MR) is 47.7 cm³/mol. The Morgan fingerprint density at radius 3 is 2.43 bits per heavy atom. The van der Waals surface area contributed by atoms with E-state index in [1.54, 1.807) is 0 Å². The van der Waals surface area contributed by atoms with E-state index in [1.807, 2.05) is 0 Å². The highest BCUT2D eigenvalue weighted by atomic mass is 16.5. The van der Waals surface area contributed by atoms with E-state index < -0.39 is 5.97 Å². The first-order valence-corrected chi connectivity index (χ1v) is 3.78. The zero-order valence-corrected chi connectivity index (χ0v) is 7.77. The summed E-state index contributed by atoms with van der Waals surface area (Å²) in [5.74, 6) is -1.23. The number of phenols is 2. The summed E-state index contributed by atoms with van der Waals surface area (Å²) in [5.41, 5.74) is -0.104. The second kappa shape index (κ2) is 3.87. The van der Waals surface area contributed by atoms with Crippen molar-refractivity contribution in [3.8, 4) is 17.2 Å². The normalized spacial score (nSPS) is 9.57. The molecular weight excluding hydrogens is 188 g/mol. The monoisotopic (exact) mass is 198 g/mol. The van der Waals surface area contributed by atoms with Gasteiger partial charge in [0.15, 0.2) is 0 Å². The summed E-state index contributed by atoms with van der Waals surface area (Å²) in [7, 11) is 2.51. The highest BCUT2D eigenvalue weighted by Gasteiger charge is 2.18. The van der Waals surface area contributed by atoms with Crippen molar-refractivity contribution < 1.29 is 24.5 Å². The minimum Gasteiger partial charge on any atom is -0.508 e. The van der Waals surface area contributed by atoms with Gasteiger partial charge in [0, 0.05) is 12.1 Å². The second-order valence-corrected chi connectivity index (χ2v) is 2.53. The van der Waals surface area contributed by atoms with Gasteiger partial charge in [-0.2, -0.15) is 0 Å². The summed E-state index contributed by atoms with van der Waals surface area (Å²) < 4.78 is 9.25. The maximum Gasteiger partial charge on any atom is 0.345 e. The molecule has 1 rings (SSSR count). The van der Waals surface area contributed by atoms with Crippen LogP contribution < -0.4 is 4.74 Å². The lowest BCUT2D eigenvalue weighted by Gasteiger charge is -2.08. The number of carbonyl (C=O) groups is 1. The number of aromatic hydroxyl groups is 2. The number of esters is 1. The van der Waals surface area contributed by atoms with E-state index in [2.05, 4.69) is 4.74 Å². The van der Waals surface area contributed by atoms with Gasteiger partial charge in [-0.1, -0.05) is 0 Å². The molecule has 0 aliphatic rings. The number of rotatable bonds is 2. The number of hydrogen-bond donors (Lipinski definition) is 2. The molecular formula is C9H10O5. The zero-order chi connectivity index (χ0) is 10.7. The molecule has 0 amide bonds. The Hall–Kier alpha value is -1.91. The first kappa shape index (κ1) is 10.2. The number of carbonyl (C=O) groups excluding carboxylic acids is 1. The SMILES string of the molecule is COC(=O)c1c(O)cc(O)cc1OC. The molecule has 0 spiro atoms. The van der Waals surface area contributed by atoms with Crippen molar-refractivity contribution in [2.45, 2.75) is 0 Å². The summed E-state index contributed by atoms with van der Waals surface area (Å²) in [4.78, 5) is 11.2. The minimum atomic E-state index is -0.723. The quantitative estimate of drug-likeness (QED) is 0.690. The van der Waals surface area contributed by atoms with Crippen molar-refractivity contribution in [2.75, 3.05) is 14.2 Å². The predicted octanol–water partition coefficient (Wildman–Crippen LogP) is 0.893. The average molecular weight is 198 g/mol. The fourth-order valence-electron chi connectivity index (χ4n) is 1.05. The van der Waals surface area contributed by atoms with Gasteiger partial charge in [0.25, 0.3) is 0 Å². The third-order valence-electron chi connectivity index (χ3n) is 1.68. The first-order chi connectivity index (χ1) is 6.60. The molecule has 0 saturated heterocycles. The summed E-state index contributed by atoms with van der Waals surface area (Å²) in [6.45, 7) is 0. The molecule has 0 aromatic heterocycles. The van der Waals surface area contributed by atoms with Gasteiger partial charge < -0.3 is 19.7 Å². The van der Waals surface area contributed by atoms with Gasteiger partial charge in [-0.3, -0.25) is 0 Å². The number of methoxy groups -OCH3 is 2. The van der Waals surface area contributed by atoms with Crippen LogP contribution in [-0.4, -0.2) is 30.4 Å². The van der Waals surface area contributed by atoms with E-state index >= 15 is 0 Å². The van der Waals surface area contributed by atoms with Crippen LogP contribution >= 0.6 is 0 Å². The van der Waals surface area contributed by atoms with Crippen molar-refractivity contribution in [3.05, 3.63) is 17.7 Å². The molecule has 76 valence electrons. The highest BCUT2D eigenvalue weighted by molar-refractivity contribution is 5.95. The van der Waals surface area contributed by atoms with Gasteiger partial charge in [0.1, 0.15) is 22.8 Å². The molecule has 0 unspecified atom stereocenters. The van der Waals surface area contributed by atoms with Crippen LogP contribution in [0.25, 0.3) is 0 Å². The second-order valence-electron chi connectivity index (χ2n) is 2.53. The number of ether oxygens (including phenoxy) is 2. The van der Waals surface area contributed by atoms with E-state index in [1.165, 1.54) is 20.3 Å². The third-order valence-corrected chi connectivity index (χ3v) is 1.68. The van der Waals surface area contributed by atoms with Crippen LogP contribution in [0.2, 0.25) is 0 Å². The number of benzene rings is 1. The minimum absolute atomic E-state index is 0.0642. The summed E-state index contributed by atoms with van der Waals surface area (Å²) in [6.07, 6.45) is 0. The maximum absolute atomic E-state index is 11.2. The van der Waals surface area contributed by atoms with Gasteiger partial charge >= 0.3 is 5.97 Å². The first-order valence-electron chi connectivity index (χ1n) is 3.78. The Morgan fingerprint density at radius 1 is 1.29 bits per heavy atom. The van der Waals surface area contributed by atoms with Crippen molar-refractivity contribution in [3.63, 3.8) is 0 Å². The van der Waals surface area contributed by atoms with Crippen LogP contribution in [0.4, 0.5) is 0 Å². The summed E-state index contributed by atoms with van der Waals surface area (Å²) in [5, 5.41) is 18.5. The van der Waals surface area contributed by atoms with Crippen molar-refractivity contribution in [1.82, 2.24) is 0 Å². The van der Waals surface area contributed by atoms with E-state index in [0.717, 1.165) is 6.07 Å². The Bertz CT molecular complexity index is 358. The molecule has 0 aliphatic heterocycles. The molecule has 0 fully saturated rings. The Morgan fingerprint density at radius 2 is 1.93 bits per heavy atom. The standard InChI is InChI=1S/C9H10O5/c1-13-7-4-5(10)3-6(11)8(7)9(12)14-2/h3-4,10-11H,1-2H3. The lowest BCUT2D eigenvalue weighted by atomic mass is 10.1. The van der Waals surface area contributed by atoms with Gasteiger partial charge in [-0.15, -0.1) is 0 Å². The lowest BCUT2D eigenvalue weighted by molar-refractivity contribution is 0.0593. The Balaban J connectivity index is 3.32. The molecule has 1 aromatic carbocycles. The van der Waals surface area contributed by atoms with Gasteiger partial charge in [0.05, 0.1) is 14.2 Å². The van der Waals surface area contributed by atoms with Crippen LogP contribution in [0.15, 0.2) is 12.1 Å². The fraction of sp³-hybridized carbons (Fsp3) is 0.222. The van der Waals surface area contributed by atoms with Gasteiger partial charge in [0.2, 0.25) is 0 Å². The fourth-order valence-corrected chi connectivity index (χ4v) is 1.05. The topological polar surface area (TPSA) is 76.0 Å². The van der Waals surface area contributed by atoms with Crippen molar-refractivity contribution in [1.29, 1.82) is 0 Å². The van der Waals surface area contributed by atoms with E-state index in [4.69, 9.17) is 9.84 Å². The molecule has 0 atom stereocenters. The van der Waals surface area contributed by atoms with Gasteiger partial charge in [-0.25, -0.2) is 4.79 Å². The van der Waals surface area contributed by atoms with E-state index in [-0.39, 0.29) is 22.8 Å². The zero-order valence-electron chi connectivity index (χ0n) is 7.77. The lowest BCUT2D eigenvalue weighted by Crippen LogP contribution is -2.04. The number of phenolic OH excluding ortho intramolecular Hbond substituents is 2. The van der Waals surface area contributed by atoms with Crippen LogP contribution in [0.3, 0.4) is 0 Å². The van der Waals surface area contributed by atoms with Crippen LogP contribution in [0.5, 0.6) is 17.2 Å². The summed E-state index contributed by atoms with van der Waals surface area (Å²) in [6, 6.07) is 2.25. The van der Waals surface area contributed by atoms with Crippen molar-refractivity contribution >= 4 is 5.97 Å².